The van der Waals surface area contributed by atoms with Gasteiger partial charge >= 0.3 is 5.97 Å². The highest BCUT2D eigenvalue weighted by molar-refractivity contribution is 6.42. The number of aromatic nitrogens is 2. The van der Waals surface area contributed by atoms with Crippen LogP contribution in [0, 0.1) is 0 Å². The lowest BCUT2D eigenvalue weighted by Gasteiger charge is -2.07. The van der Waals surface area contributed by atoms with Crippen LogP contribution in [0.1, 0.15) is 5.56 Å². The Morgan fingerprint density at radius 1 is 1.28 bits per heavy atom. The van der Waals surface area contributed by atoms with Crippen molar-refractivity contribution in [2.45, 2.75) is 6.42 Å². The molecule has 1 heterocycles. The van der Waals surface area contributed by atoms with Crippen LogP contribution in [-0.2, 0) is 11.2 Å². The van der Waals surface area contributed by atoms with E-state index < -0.39 is 5.97 Å². The summed E-state index contributed by atoms with van der Waals surface area (Å²) in [6.07, 6.45) is 2.71. The van der Waals surface area contributed by atoms with Gasteiger partial charge in [-0.05, 0) is 12.1 Å². The lowest BCUT2D eigenvalue weighted by atomic mass is 10.1. The molecule has 2 rings (SSSR count). The fourth-order valence-corrected chi connectivity index (χ4v) is 1.85. The molecule has 0 aliphatic heterocycles. The zero-order chi connectivity index (χ0) is 13.1. The van der Waals surface area contributed by atoms with Crippen molar-refractivity contribution in [2.75, 3.05) is 0 Å². The highest BCUT2D eigenvalue weighted by Gasteiger charge is 2.11. The Hall–Kier alpha value is -1.65. The van der Waals surface area contributed by atoms with Gasteiger partial charge < -0.3 is 5.11 Å². The molecule has 2 aromatic rings. The van der Waals surface area contributed by atoms with E-state index in [9.17, 15) is 4.79 Å². The van der Waals surface area contributed by atoms with Crippen molar-refractivity contribution >= 4 is 29.2 Å². The summed E-state index contributed by atoms with van der Waals surface area (Å²) in [5, 5.41) is 9.67. The van der Waals surface area contributed by atoms with E-state index >= 15 is 0 Å². The zero-order valence-electron chi connectivity index (χ0n) is 9.10. The molecule has 0 saturated heterocycles. The molecule has 18 heavy (non-hydrogen) atoms. The third-order valence-electron chi connectivity index (χ3n) is 2.32. The zero-order valence-corrected chi connectivity index (χ0v) is 10.6. The minimum atomic E-state index is -0.939. The predicted molar refractivity (Wildman–Crippen MR) is 68.8 cm³/mol. The standard InChI is InChI=1S/C12H8Cl2N2O2/c13-9-2-1-7(3-10(9)14)12-8(4-11(17)18)5-15-6-16-12/h1-3,5-6H,4H2,(H,17,18). The largest absolute Gasteiger partial charge is 0.481 e. The van der Waals surface area contributed by atoms with E-state index in [1.165, 1.54) is 12.5 Å². The number of nitrogens with zero attached hydrogens (tertiary/aromatic N) is 2. The van der Waals surface area contributed by atoms with Crippen LogP contribution in [0.5, 0.6) is 0 Å². The number of hydrogen-bond donors (Lipinski definition) is 1. The van der Waals surface area contributed by atoms with Crippen LogP contribution in [-0.4, -0.2) is 21.0 Å². The normalized spacial score (nSPS) is 10.3. The van der Waals surface area contributed by atoms with E-state index in [2.05, 4.69) is 9.97 Å². The number of carboxylic acids is 1. The molecule has 0 saturated carbocycles. The first-order valence-electron chi connectivity index (χ1n) is 5.04. The van der Waals surface area contributed by atoms with Crippen molar-refractivity contribution in [2.24, 2.45) is 0 Å². The van der Waals surface area contributed by atoms with Gasteiger partial charge in [0.25, 0.3) is 0 Å². The van der Waals surface area contributed by atoms with Crippen LogP contribution in [0.3, 0.4) is 0 Å². The van der Waals surface area contributed by atoms with Crippen LogP contribution in [0.15, 0.2) is 30.7 Å². The van der Waals surface area contributed by atoms with Crippen molar-refractivity contribution in [1.82, 2.24) is 9.97 Å². The number of aliphatic carboxylic acids is 1. The Morgan fingerprint density at radius 3 is 2.72 bits per heavy atom. The molecule has 0 aliphatic rings. The van der Waals surface area contributed by atoms with Crippen LogP contribution in [0.4, 0.5) is 0 Å². The van der Waals surface area contributed by atoms with Gasteiger partial charge in [-0.1, -0.05) is 29.3 Å². The maximum absolute atomic E-state index is 10.8. The fraction of sp³-hybridized carbons (Fsp3) is 0.0833. The van der Waals surface area contributed by atoms with Crippen LogP contribution in [0.25, 0.3) is 11.3 Å². The monoisotopic (exact) mass is 282 g/mol. The third kappa shape index (κ3) is 2.78. The number of rotatable bonds is 3. The molecule has 0 fully saturated rings. The Bertz CT molecular complexity index is 602. The third-order valence-corrected chi connectivity index (χ3v) is 3.06. The number of carboxylic acid groups (broad SMARTS) is 1. The molecule has 0 bridgehead atoms. The van der Waals surface area contributed by atoms with Crippen LogP contribution in [0.2, 0.25) is 10.0 Å². The van der Waals surface area contributed by atoms with E-state index in [1.54, 1.807) is 18.2 Å². The highest BCUT2D eigenvalue weighted by Crippen LogP contribution is 2.29. The van der Waals surface area contributed by atoms with Gasteiger partial charge in [-0.3, -0.25) is 4.79 Å². The molecule has 0 unspecified atom stereocenters. The Balaban J connectivity index is 2.49. The van der Waals surface area contributed by atoms with Gasteiger partial charge in [0.15, 0.2) is 0 Å². The van der Waals surface area contributed by atoms with Crippen molar-refractivity contribution in [1.29, 1.82) is 0 Å². The predicted octanol–water partition coefficient (Wildman–Crippen LogP) is 3.08. The van der Waals surface area contributed by atoms with E-state index in [1.807, 2.05) is 0 Å². The maximum atomic E-state index is 10.8. The smallest absolute Gasteiger partial charge is 0.307 e. The van der Waals surface area contributed by atoms with Gasteiger partial charge in [-0.15, -0.1) is 0 Å². The van der Waals surface area contributed by atoms with Gasteiger partial charge in [-0.25, -0.2) is 9.97 Å². The van der Waals surface area contributed by atoms with E-state index in [-0.39, 0.29) is 6.42 Å². The van der Waals surface area contributed by atoms with E-state index in [0.29, 0.717) is 26.9 Å². The summed E-state index contributed by atoms with van der Waals surface area (Å²) in [6, 6.07) is 5.03. The molecule has 1 aromatic heterocycles. The summed E-state index contributed by atoms with van der Waals surface area (Å²) >= 11 is 11.8. The molecule has 0 amide bonds. The molecule has 4 nitrogen and oxygen atoms in total. The Kier molecular flexibility index (Phi) is 3.79. The van der Waals surface area contributed by atoms with Crippen molar-refractivity contribution in [3.63, 3.8) is 0 Å². The molecule has 0 radical (unpaired) electrons. The van der Waals surface area contributed by atoms with Gasteiger partial charge in [0.2, 0.25) is 0 Å². The van der Waals surface area contributed by atoms with E-state index in [0.717, 1.165) is 0 Å². The quantitative estimate of drug-likeness (QED) is 0.940. The summed E-state index contributed by atoms with van der Waals surface area (Å²) in [6.45, 7) is 0. The summed E-state index contributed by atoms with van der Waals surface area (Å²) in [7, 11) is 0. The number of halogens is 2. The fourth-order valence-electron chi connectivity index (χ4n) is 1.55. The summed E-state index contributed by atoms with van der Waals surface area (Å²) in [5.41, 5.74) is 1.79. The van der Waals surface area contributed by atoms with Crippen molar-refractivity contribution in [3.8, 4) is 11.3 Å². The molecule has 6 heteroatoms. The molecule has 1 N–H and O–H groups in total. The number of carbonyl (C=O) groups is 1. The second kappa shape index (κ2) is 5.33. The minimum Gasteiger partial charge on any atom is -0.481 e. The molecule has 0 atom stereocenters. The first kappa shape index (κ1) is 12.8. The Labute approximate surface area is 113 Å². The average molecular weight is 283 g/mol. The highest BCUT2D eigenvalue weighted by atomic mass is 35.5. The lowest BCUT2D eigenvalue weighted by Crippen LogP contribution is -2.03. The van der Waals surface area contributed by atoms with E-state index in [4.69, 9.17) is 28.3 Å². The first-order chi connectivity index (χ1) is 8.58. The van der Waals surface area contributed by atoms with Crippen molar-refractivity contribution < 1.29 is 9.90 Å². The van der Waals surface area contributed by atoms with Crippen molar-refractivity contribution in [3.05, 3.63) is 46.3 Å². The second-order valence-corrected chi connectivity index (χ2v) is 4.41. The topological polar surface area (TPSA) is 63.1 Å². The Morgan fingerprint density at radius 2 is 2.06 bits per heavy atom. The van der Waals surface area contributed by atoms with Gasteiger partial charge in [-0.2, -0.15) is 0 Å². The summed E-state index contributed by atoms with van der Waals surface area (Å²) in [4.78, 5) is 18.7. The molecular formula is C12H8Cl2N2O2. The molecule has 1 aromatic carbocycles. The molecule has 0 spiro atoms. The average Bonchev–Trinajstić information content (AvgIpc) is 2.33. The number of benzene rings is 1. The van der Waals surface area contributed by atoms with Crippen LogP contribution >= 0.6 is 23.2 Å². The molecular weight excluding hydrogens is 275 g/mol. The maximum Gasteiger partial charge on any atom is 0.307 e. The SMILES string of the molecule is O=C(O)Cc1cncnc1-c1ccc(Cl)c(Cl)c1. The number of hydrogen-bond acceptors (Lipinski definition) is 3. The van der Waals surface area contributed by atoms with Gasteiger partial charge in [0, 0.05) is 17.3 Å². The second-order valence-electron chi connectivity index (χ2n) is 3.60. The lowest BCUT2D eigenvalue weighted by molar-refractivity contribution is -0.136. The molecule has 92 valence electrons. The molecule has 0 aliphatic carbocycles. The van der Waals surface area contributed by atoms with Gasteiger partial charge in [0.1, 0.15) is 6.33 Å². The summed E-state index contributed by atoms with van der Waals surface area (Å²) < 4.78 is 0. The minimum absolute atomic E-state index is 0.142. The van der Waals surface area contributed by atoms with Gasteiger partial charge in [0.05, 0.1) is 22.2 Å². The van der Waals surface area contributed by atoms with Crippen LogP contribution < -0.4 is 0 Å². The first-order valence-corrected chi connectivity index (χ1v) is 5.79. The summed E-state index contributed by atoms with van der Waals surface area (Å²) in [5.74, 6) is -0.939.